The van der Waals surface area contributed by atoms with Gasteiger partial charge in [-0.15, -0.1) is 0 Å². The van der Waals surface area contributed by atoms with Crippen LogP contribution in [0.5, 0.6) is 0 Å². The van der Waals surface area contributed by atoms with Crippen molar-refractivity contribution in [1.82, 2.24) is 5.32 Å². The quantitative estimate of drug-likeness (QED) is 0.619. The monoisotopic (exact) mass is 215 g/mol. The standard InChI is InChI=1S/C13H13NO2/c1-2-3-5-10-12(15)14-13(16)11-8-6-4-7-9-11/h2-10H,1H3,(H,14,15,16). The van der Waals surface area contributed by atoms with Crippen molar-refractivity contribution in [1.29, 1.82) is 0 Å². The molecule has 0 fully saturated rings. The van der Waals surface area contributed by atoms with Crippen LogP contribution in [0.15, 0.2) is 54.6 Å². The van der Waals surface area contributed by atoms with E-state index in [4.69, 9.17) is 0 Å². The molecule has 3 heteroatoms. The van der Waals surface area contributed by atoms with E-state index in [1.165, 1.54) is 6.08 Å². The van der Waals surface area contributed by atoms with Crippen molar-refractivity contribution in [3.63, 3.8) is 0 Å². The normalized spacial score (nSPS) is 10.8. The van der Waals surface area contributed by atoms with Crippen LogP contribution >= 0.6 is 0 Å². The molecule has 1 N–H and O–H groups in total. The largest absolute Gasteiger partial charge is 0.289 e. The first-order valence-electron chi connectivity index (χ1n) is 4.93. The molecule has 1 aromatic carbocycles. The summed E-state index contributed by atoms with van der Waals surface area (Å²) in [5.41, 5.74) is 0.468. The van der Waals surface area contributed by atoms with Crippen LogP contribution < -0.4 is 5.32 Å². The zero-order valence-electron chi connectivity index (χ0n) is 9.01. The van der Waals surface area contributed by atoms with Crippen LogP contribution in [-0.2, 0) is 4.79 Å². The van der Waals surface area contributed by atoms with E-state index in [2.05, 4.69) is 5.32 Å². The number of allylic oxidation sites excluding steroid dienone is 3. The summed E-state index contributed by atoms with van der Waals surface area (Å²) in [7, 11) is 0. The Bertz CT molecular complexity index is 419. The van der Waals surface area contributed by atoms with Gasteiger partial charge in [-0.2, -0.15) is 0 Å². The van der Waals surface area contributed by atoms with Crippen molar-refractivity contribution in [3.05, 3.63) is 60.2 Å². The van der Waals surface area contributed by atoms with E-state index >= 15 is 0 Å². The van der Waals surface area contributed by atoms with Gasteiger partial charge in [-0.05, 0) is 19.1 Å². The van der Waals surface area contributed by atoms with Gasteiger partial charge in [0.2, 0.25) is 0 Å². The van der Waals surface area contributed by atoms with E-state index in [1.54, 1.807) is 42.5 Å². The molecule has 0 aliphatic rings. The van der Waals surface area contributed by atoms with Crippen LogP contribution in [-0.4, -0.2) is 11.8 Å². The first kappa shape index (κ1) is 11.9. The van der Waals surface area contributed by atoms with Gasteiger partial charge < -0.3 is 0 Å². The fourth-order valence-electron chi connectivity index (χ4n) is 1.07. The molecule has 0 saturated heterocycles. The molecule has 0 atom stereocenters. The molecule has 16 heavy (non-hydrogen) atoms. The van der Waals surface area contributed by atoms with E-state index in [9.17, 15) is 9.59 Å². The zero-order valence-corrected chi connectivity index (χ0v) is 9.01. The molecule has 0 heterocycles. The lowest BCUT2D eigenvalue weighted by atomic mass is 10.2. The Morgan fingerprint density at radius 1 is 1.12 bits per heavy atom. The molecule has 0 saturated carbocycles. The van der Waals surface area contributed by atoms with Gasteiger partial charge in [0.25, 0.3) is 11.8 Å². The Morgan fingerprint density at radius 3 is 2.44 bits per heavy atom. The SMILES string of the molecule is CC=CC=CC(=O)NC(=O)c1ccccc1. The molecule has 2 amide bonds. The Kier molecular flexibility index (Phi) is 4.73. The molecule has 0 unspecified atom stereocenters. The van der Waals surface area contributed by atoms with Crippen LogP contribution in [0, 0.1) is 0 Å². The summed E-state index contributed by atoms with van der Waals surface area (Å²) in [4.78, 5) is 22.8. The predicted molar refractivity (Wildman–Crippen MR) is 62.9 cm³/mol. The number of amides is 2. The highest BCUT2D eigenvalue weighted by Gasteiger charge is 2.06. The van der Waals surface area contributed by atoms with Crippen LogP contribution in [0.2, 0.25) is 0 Å². The molecule has 1 aromatic rings. The van der Waals surface area contributed by atoms with E-state index in [0.717, 1.165) is 0 Å². The number of carbonyl (C=O) groups is 2. The number of carbonyl (C=O) groups excluding carboxylic acids is 2. The molecule has 3 nitrogen and oxygen atoms in total. The molecule has 0 aliphatic heterocycles. The second kappa shape index (κ2) is 6.35. The smallest absolute Gasteiger partial charge is 0.258 e. The lowest BCUT2D eigenvalue weighted by Gasteiger charge is -1.99. The van der Waals surface area contributed by atoms with Gasteiger partial charge in [-0.25, -0.2) is 0 Å². The number of hydrogen-bond donors (Lipinski definition) is 1. The van der Waals surface area contributed by atoms with Crippen LogP contribution in [0.4, 0.5) is 0 Å². The van der Waals surface area contributed by atoms with Crippen LogP contribution in [0.3, 0.4) is 0 Å². The maximum Gasteiger partial charge on any atom is 0.258 e. The summed E-state index contributed by atoms with van der Waals surface area (Å²) in [6.45, 7) is 1.84. The van der Waals surface area contributed by atoms with Crippen molar-refractivity contribution < 1.29 is 9.59 Å². The minimum atomic E-state index is -0.424. The van der Waals surface area contributed by atoms with Gasteiger partial charge in [0.15, 0.2) is 0 Å². The van der Waals surface area contributed by atoms with Gasteiger partial charge in [-0.1, -0.05) is 36.4 Å². The molecule has 0 aromatic heterocycles. The molecule has 0 bridgehead atoms. The fraction of sp³-hybridized carbons (Fsp3) is 0.0769. The first-order valence-corrected chi connectivity index (χ1v) is 4.93. The Labute approximate surface area is 94.5 Å². The third kappa shape index (κ3) is 3.92. The molecule has 0 aliphatic carbocycles. The summed E-state index contributed by atoms with van der Waals surface area (Å²) in [5.74, 6) is -0.817. The van der Waals surface area contributed by atoms with Crippen molar-refractivity contribution in [2.75, 3.05) is 0 Å². The molecular formula is C13H13NO2. The highest BCUT2D eigenvalue weighted by Crippen LogP contribution is 1.97. The average molecular weight is 215 g/mol. The second-order valence-corrected chi connectivity index (χ2v) is 3.07. The number of rotatable bonds is 3. The Morgan fingerprint density at radius 2 is 1.81 bits per heavy atom. The average Bonchev–Trinajstić information content (AvgIpc) is 2.30. The third-order valence-corrected chi connectivity index (χ3v) is 1.82. The highest BCUT2D eigenvalue weighted by molar-refractivity contribution is 6.07. The van der Waals surface area contributed by atoms with E-state index in [-0.39, 0.29) is 0 Å². The van der Waals surface area contributed by atoms with Crippen LogP contribution in [0.25, 0.3) is 0 Å². The Balaban J connectivity index is 2.56. The number of nitrogens with one attached hydrogen (secondary N) is 1. The molecule has 1 rings (SSSR count). The van der Waals surface area contributed by atoms with E-state index in [1.807, 2.05) is 13.0 Å². The van der Waals surface area contributed by atoms with Crippen LogP contribution in [0.1, 0.15) is 17.3 Å². The zero-order chi connectivity index (χ0) is 11.8. The van der Waals surface area contributed by atoms with Gasteiger partial charge in [0, 0.05) is 11.6 Å². The third-order valence-electron chi connectivity index (χ3n) is 1.82. The number of hydrogen-bond acceptors (Lipinski definition) is 2. The topological polar surface area (TPSA) is 46.2 Å². The minimum absolute atomic E-state index is 0.393. The lowest BCUT2D eigenvalue weighted by molar-refractivity contribution is -0.115. The summed E-state index contributed by atoms with van der Waals surface area (Å²) in [6.07, 6.45) is 6.39. The van der Waals surface area contributed by atoms with Crippen molar-refractivity contribution >= 4 is 11.8 Å². The van der Waals surface area contributed by atoms with Gasteiger partial charge in [-0.3, -0.25) is 14.9 Å². The number of benzene rings is 1. The van der Waals surface area contributed by atoms with Crippen molar-refractivity contribution in [2.24, 2.45) is 0 Å². The summed E-state index contributed by atoms with van der Waals surface area (Å²) < 4.78 is 0. The highest BCUT2D eigenvalue weighted by atomic mass is 16.2. The Hall–Kier alpha value is -2.16. The first-order chi connectivity index (χ1) is 7.74. The molecule has 0 spiro atoms. The second-order valence-electron chi connectivity index (χ2n) is 3.07. The molecule has 0 radical (unpaired) electrons. The van der Waals surface area contributed by atoms with Crippen molar-refractivity contribution in [3.8, 4) is 0 Å². The minimum Gasteiger partial charge on any atom is -0.289 e. The van der Waals surface area contributed by atoms with Gasteiger partial charge in [0.05, 0.1) is 0 Å². The summed E-state index contributed by atoms with van der Waals surface area (Å²) >= 11 is 0. The lowest BCUT2D eigenvalue weighted by Crippen LogP contribution is -2.28. The molecular weight excluding hydrogens is 202 g/mol. The maximum absolute atomic E-state index is 11.5. The van der Waals surface area contributed by atoms with Gasteiger partial charge >= 0.3 is 0 Å². The fourth-order valence-corrected chi connectivity index (χ4v) is 1.07. The molecule has 82 valence electrons. The predicted octanol–water partition coefficient (Wildman–Crippen LogP) is 2.08. The van der Waals surface area contributed by atoms with E-state index < -0.39 is 11.8 Å². The summed E-state index contributed by atoms with van der Waals surface area (Å²) in [5, 5.41) is 2.26. The maximum atomic E-state index is 11.5. The summed E-state index contributed by atoms with van der Waals surface area (Å²) in [6, 6.07) is 8.60. The number of imide groups is 1. The van der Waals surface area contributed by atoms with Gasteiger partial charge in [0.1, 0.15) is 0 Å². The van der Waals surface area contributed by atoms with Crippen molar-refractivity contribution in [2.45, 2.75) is 6.92 Å². The van der Waals surface area contributed by atoms with E-state index in [0.29, 0.717) is 5.56 Å².